The van der Waals surface area contributed by atoms with Gasteiger partial charge in [0, 0.05) is 28.7 Å². The lowest BCUT2D eigenvalue weighted by Crippen LogP contribution is -2.35. The number of fused-ring (bicyclic) bond motifs is 1. The van der Waals surface area contributed by atoms with Gasteiger partial charge in [0.05, 0.1) is 12.7 Å². The van der Waals surface area contributed by atoms with Gasteiger partial charge >= 0.3 is 0 Å². The molecule has 1 aromatic heterocycles. The fourth-order valence-corrected chi connectivity index (χ4v) is 3.09. The van der Waals surface area contributed by atoms with Crippen molar-refractivity contribution in [3.05, 3.63) is 21.9 Å². The standard InChI is InChI=1S/C14H22N2O2S/c1-9(2)16-7-10(17)8-18-14-11-5-6-19-13(11)4-3-12(14)15/h5-6,9-10,14-17H,3-4,7-8H2,1-2H3. The molecular formula is C14H22N2O2S. The molecule has 4 nitrogen and oxygen atoms in total. The van der Waals surface area contributed by atoms with Crippen LogP contribution in [0.5, 0.6) is 0 Å². The monoisotopic (exact) mass is 282 g/mol. The Labute approximate surface area is 118 Å². The lowest BCUT2D eigenvalue weighted by molar-refractivity contribution is 0.0142. The van der Waals surface area contributed by atoms with Crippen molar-refractivity contribution in [1.82, 2.24) is 5.32 Å². The third-order valence-electron chi connectivity index (χ3n) is 3.22. The second-order valence-electron chi connectivity index (χ2n) is 5.25. The minimum atomic E-state index is -0.529. The number of aliphatic hydroxyl groups is 1. The van der Waals surface area contributed by atoms with E-state index in [1.54, 1.807) is 11.3 Å². The van der Waals surface area contributed by atoms with Gasteiger partial charge in [-0.25, -0.2) is 0 Å². The van der Waals surface area contributed by atoms with Crippen LogP contribution in [-0.2, 0) is 11.2 Å². The Morgan fingerprint density at radius 3 is 3.05 bits per heavy atom. The summed E-state index contributed by atoms with van der Waals surface area (Å²) in [5.41, 5.74) is 1.74. The summed E-state index contributed by atoms with van der Waals surface area (Å²) < 4.78 is 5.77. The molecule has 5 heteroatoms. The average molecular weight is 282 g/mol. The maximum Gasteiger partial charge on any atom is 0.121 e. The Kier molecular flexibility index (Phi) is 5.10. The molecule has 0 aliphatic heterocycles. The Morgan fingerprint density at radius 2 is 2.32 bits per heavy atom. The molecule has 0 fully saturated rings. The molecule has 0 bridgehead atoms. The lowest BCUT2D eigenvalue weighted by atomic mass is 9.94. The van der Waals surface area contributed by atoms with Gasteiger partial charge in [0.25, 0.3) is 0 Å². The van der Waals surface area contributed by atoms with Gasteiger partial charge in [-0.15, -0.1) is 11.3 Å². The molecule has 1 aliphatic rings. The number of hydrogen-bond donors (Lipinski definition) is 3. The predicted molar refractivity (Wildman–Crippen MR) is 78.2 cm³/mol. The summed E-state index contributed by atoms with van der Waals surface area (Å²) >= 11 is 1.73. The second-order valence-corrected chi connectivity index (χ2v) is 6.26. The van der Waals surface area contributed by atoms with Gasteiger partial charge in [-0.2, -0.15) is 0 Å². The molecule has 0 saturated carbocycles. The van der Waals surface area contributed by atoms with E-state index in [2.05, 4.69) is 10.7 Å². The van der Waals surface area contributed by atoms with Crippen molar-refractivity contribution in [2.45, 2.75) is 44.9 Å². The van der Waals surface area contributed by atoms with E-state index in [-0.39, 0.29) is 12.7 Å². The van der Waals surface area contributed by atoms with Crippen LogP contribution in [0.2, 0.25) is 0 Å². The molecule has 0 spiro atoms. The second kappa shape index (κ2) is 6.61. The molecule has 106 valence electrons. The summed E-state index contributed by atoms with van der Waals surface area (Å²) in [5, 5.41) is 23.1. The van der Waals surface area contributed by atoms with E-state index in [1.807, 2.05) is 19.9 Å². The van der Waals surface area contributed by atoms with Crippen LogP contribution in [0.4, 0.5) is 0 Å². The van der Waals surface area contributed by atoms with Gasteiger partial charge in [0.15, 0.2) is 0 Å². The van der Waals surface area contributed by atoms with Gasteiger partial charge in [0.1, 0.15) is 6.10 Å². The van der Waals surface area contributed by atoms with Gasteiger partial charge in [0.2, 0.25) is 0 Å². The molecule has 3 N–H and O–H groups in total. The van der Waals surface area contributed by atoms with E-state index in [1.165, 1.54) is 4.88 Å². The first-order valence-electron chi connectivity index (χ1n) is 6.74. The molecule has 0 aromatic carbocycles. The normalized spacial score (nSPS) is 20.6. The first-order valence-corrected chi connectivity index (χ1v) is 7.62. The fraction of sp³-hybridized carbons (Fsp3) is 0.643. The average Bonchev–Trinajstić information content (AvgIpc) is 2.83. The van der Waals surface area contributed by atoms with Crippen molar-refractivity contribution in [2.75, 3.05) is 13.2 Å². The molecule has 2 rings (SSSR count). The summed E-state index contributed by atoms with van der Waals surface area (Å²) in [4.78, 5) is 1.32. The number of nitrogens with one attached hydrogen (secondary N) is 2. The maximum atomic E-state index is 9.86. The van der Waals surface area contributed by atoms with E-state index in [0.29, 0.717) is 18.3 Å². The van der Waals surface area contributed by atoms with Crippen LogP contribution in [0, 0.1) is 5.41 Å². The minimum Gasteiger partial charge on any atom is -0.389 e. The van der Waals surface area contributed by atoms with Gasteiger partial charge in [-0.1, -0.05) is 13.8 Å². The molecule has 2 atom stereocenters. The number of hydrogen-bond acceptors (Lipinski definition) is 5. The zero-order valence-electron chi connectivity index (χ0n) is 11.5. The zero-order valence-corrected chi connectivity index (χ0v) is 12.3. The highest BCUT2D eigenvalue weighted by Gasteiger charge is 2.27. The van der Waals surface area contributed by atoms with Gasteiger partial charge in [-0.05, 0) is 24.3 Å². The topological polar surface area (TPSA) is 65.3 Å². The number of ether oxygens (including phenoxy) is 1. The number of thiophene rings is 1. The summed E-state index contributed by atoms with van der Waals surface area (Å²) in [6.07, 6.45) is 0.921. The van der Waals surface area contributed by atoms with Crippen LogP contribution < -0.4 is 5.32 Å². The maximum absolute atomic E-state index is 9.86. The highest BCUT2D eigenvalue weighted by molar-refractivity contribution is 7.10. The number of aliphatic hydroxyl groups excluding tert-OH is 1. The molecule has 0 saturated heterocycles. The smallest absolute Gasteiger partial charge is 0.121 e. The van der Waals surface area contributed by atoms with E-state index in [0.717, 1.165) is 18.4 Å². The third kappa shape index (κ3) is 3.86. The van der Waals surface area contributed by atoms with E-state index >= 15 is 0 Å². The molecule has 1 heterocycles. The highest BCUT2D eigenvalue weighted by atomic mass is 32.1. The zero-order chi connectivity index (χ0) is 13.8. The molecule has 19 heavy (non-hydrogen) atoms. The van der Waals surface area contributed by atoms with Crippen molar-refractivity contribution in [3.8, 4) is 0 Å². The molecule has 0 amide bonds. The summed E-state index contributed by atoms with van der Waals surface area (Å²) in [6, 6.07) is 2.39. The summed E-state index contributed by atoms with van der Waals surface area (Å²) in [5.74, 6) is 0. The molecule has 0 radical (unpaired) electrons. The van der Waals surface area contributed by atoms with Crippen molar-refractivity contribution in [2.24, 2.45) is 0 Å². The third-order valence-corrected chi connectivity index (χ3v) is 4.21. The first-order chi connectivity index (χ1) is 9.08. The van der Waals surface area contributed by atoms with Crippen LogP contribution in [-0.4, -0.2) is 36.1 Å². The van der Waals surface area contributed by atoms with E-state index < -0.39 is 6.10 Å². The van der Waals surface area contributed by atoms with E-state index in [9.17, 15) is 5.11 Å². The Balaban J connectivity index is 1.87. The molecule has 2 unspecified atom stereocenters. The highest BCUT2D eigenvalue weighted by Crippen LogP contribution is 2.33. The van der Waals surface area contributed by atoms with Crippen LogP contribution in [0.1, 0.15) is 36.8 Å². The molecule has 1 aliphatic carbocycles. The Morgan fingerprint density at radius 1 is 1.53 bits per heavy atom. The number of rotatable bonds is 6. The van der Waals surface area contributed by atoms with Gasteiger partial charge < -0.3 is 20.6 Å². The lowest BCUT2D eigenvalue weighted by Gasteiger charge is -2.25. The van der Waals surface area contributed by atoms with Crippen molar-refractivity contribution in [1.29, 1.82) is 5.41 Å². The molecular weight excluding hydrogens is 260 g/mol. The summed E-state index contributed by atoms with van der Waals surface area (Å²) in [6.45, 7) is 4.88. The quantitative estimate of drug-likeness (QED) is 0.749. The van der Waals surface area contributed by atoms with Crippen molar-refractivity contribution < 1.29 is 9.84 Å². The molecule has 1 aromatic rings. The largest absolute Gasteiger partial charge is 0.389 e. The summed E-state index contributed by atoms with van der Waals surface area (Å²) in [7, 11) is 0. The van der Waals surface area contributed by atoms with Crippen molar-refractivity contribution in [3.63, 3.8) is 0 Å². The van der Waals surface area contributed by atoms with Crippen LogP contribution in [0.3, 0.4) is 0 Å². The Hall–Kier alpha value is -0.750. The van der Waals surface area contributed by atoms with E-state index in [4.69, 9.17) is 10.1 Å². The predicted octanol–water partition coefficient (Wildman–Crippen LogP) is 2.13. The SMILES string of the molecule is CC(C)NCC(O)COC1C(=N)CCc2sccc21. The Bertz CT molecular complexity index is 431. The van der Waals surface area contributed by atoms with Gasteiger partial charge in [-0.3, -0.25) is 0 Å². The van der Waals surface area contributed by atoms with Crippen molar-refractivity contribution >= 4 is 17.0 Å². The van der Waals surface area contributed by atoms with Crippen LogP contribution in [0.25, 0.3) is 0 Å². The number of aryl methyl sites for hydroxylation is 1. The van der Waals surface area contributed by atoms with Crippen LogP contribution >= 0.6 is 11.3 Å². The first kappa shape index (κ1) is 14.7. The minimum absolute atomic E-state index is 0.260. The van der Waals surface area contributed by atoms with Crippen LogP contribution in [0.15, 0.2) is 11.4 Å². The fourth-order valence-electron chi connectivity index (χ4n) is 2.18.